The number of carbonyl (C=O) groups excluding carboxylic acids is 1. The maximum atomic E-state index is 11.9. The molecular weight excluding hydrogens is 256 g/mol. The monoisotopic (exact) mass is 274 g/mol. The summed E-state index contributed by atoms with van der Waals surface area (Å²) in [5.74, 6) is 0.0498. The minimum absolute atomic E-state index is 0.0498. The molecule has 3 heteroatoms. The van der Waals surface area contributed by atoms with Crippen LogP contribution in [0.5, 0.6) is 0 Å². The van der Waals surface area contributed by atoms with Gasteiger partial charge >= 0.3 is 0 Å². The summed E-state index contributed by atoms with van der Waals surface area (Å²) in [6, 6.07) is 11.9. The van der Waals surface area contributed by atoms with E-state index in [0.29, 0.717) is 6.61 Å². The zero-order chi connectivity index (χ0) is 13.5. The molecule has 0 aliphatic rings. The van der Waals surface area contributed by atoms with E-state index in [4.69, 9.17) is 4.74 Å². The first-order chi connectivity index (χ1) is 9.29. The molecule has 2 aromatic rings. The molecule has 0 fully saturated rings. The summed E-state index contributed by atoms with van der Waals surface area (Å²) in [4.78, 5) is 13.2. The summed E-state index contributed by atoms with van der Waals surface area (Å²) in [6.45, 7) is 2.86. The third-order valence-electron chi connectivity index (χ3n) is 2.99. The van der Waals surface area contributed by atoms with Gasteiger partial charge in [0.15, 0.2) is 5.78 Å². The van der Waals surface area contributed by atoms with Gasteiger partial charge in [0.25, 0.3) is 0 Å². The Kier molecular flexibility index (Phi) is 5.31. The highest BCUT2D eigenvalue weighted by atomic mass is 32.1. The molecule has 0 saturated heterocycles. The maximum absolute atomic E-state index is 11.9. The summed E-state index contributed by atoms with van der Waals surface area (Å²) in [7, 11) is 0. The topological polar surface area (TPSA) is 26.3 Å². The Balaban J connectivity index is 1.74. The average molecular weight is 274 g/mol. The third kappa shape index (κ3) is 4.30. The lowest BCUT2D eigenvalue weighted by Crippen LogP contribution is -2.10. The first kappa shape index (κ1) is 14.0. The van der Waals surface area contributed by atoms with Gasteiger partial charge in [-0.2, -0.15) is 0 Å². The summed E-state index contributed by atoms with van der Waals surface area (Å²) in [5.41, 5.74) is 1.98. The second kappa shape index (κ2) is 7.22. The SMILES string of the molecule is CCc1ccc(C(=O)COCCc2cccs2)cc1. The van der Waals surface area contributed by atoms with Crippen molar-refractivity contribution in [2.24, 2.45) is 0 Å². The highest BCUT2D eigenvalue weighted by molar-refractivity contribution is 7.09. The van der Waals surface area contributed by atoms with Gasteiger partial charge < -0.3 is 4.74 Å². The van der Waals surface area contributed by atoms with E-state index in [1.807, 2.05) is 30.3 Å². The van der Waals surface area contributed by atoms with E-state index >= 15 is 0 Å². The Labute approximate surface area is 118 Å². The standard InChI is InChI=1S/C16H18O2S/c1-2-13-5-7-14(8-6-13)16(17)12-18-10-9-15-4-3-11-19-15/h3-8,11H,2,9-10,12H2,1H3. The lowest BCUT2D eigenvalue weighted by atomic mass is 10.1. The van der Waals surface area contributed by atoms with Crippen LogP contribution in [0.1, 0.15) is 27.7 Å². The molecule has 0 atom stereocenters. The van der Waals surface area contributed by atoms with Gasteiger partial charge in [-0.1, -0.05) is 37.3 Å². The molecule has 2 nitrogen and oxygen atoms in total. The predicted octanol–water partition coefficient (Wildman–Crippen LogP) is 3.75. The largest absolute Gasteiger partial charge is 0.373 e. The molecule has 1 aromatic carbocycles. The summed E-state index contributed by atoms with van der Waals surface area (Å²) >= 11 is 1.72. The van der Waals surface area contributed by atoms with E-state index in [0.717, 1.165) is 18.4 Å². The van der Waals surface area contributed by atoms with Crippen LogP contribution in [0.15, 0.2) is 41.8 Å². The number of Topliss-reactive ketones (excluding diaryl/α,β-unsaturated/α-hetero) is 1. The van der Waals surface area contributed by atoms with Crippen LogP contribution in [0.25, 0.3) is 0 Å². The number of carbonyl (C=O) groups is 1. The van der Waals surface area contributed by atoms with Crippen molar-refractivity contribution in [3.63, 3.8) is 0 Å². The second-order valence-corrected chi connectivity index (χ2v) is 5.39. The fourth-order valence-corrected chi connectivity index (χ4v) is 2.49. The Morgan fingerprint density at radius 3 is 2.63 bits per heavy atom. The second-order valence-electron chi connectivity index (χ2n) is 4.36. The molecule has 0 bridgehead atoms. The van der Waals surface area contributed by atoms with Crippen molar-refractivity contribution in [2.75, 3.05) is 13.2 Å². The summed E-state index contributed by atoms with van der Waals surface area (Å²) in [5, 5.41) is 2.05. The quantitative estimate of drug-likeness (QED) is 0.568. The summed E-state index contributed by atoms with van der Waals surface area (Å²) < 4.78 is 5.44. The molecule has 0 saturated carbocycles. The molecule has 0 spiro atoms. The average Bonchev–Trinajstić information content (AvgIpc) is 2.96. The third-order valence-corrected chi connectivity index (χ3v) is 3.93. The maximum Gasteiger partial charge on any atom is 0.188 e. The fraction of sp³-hybridized carbons (Fsp3) is 0.312. The Bertz CT molecular complexity index is 500. The minimum atomic E-state index is 0.0498. The van der Waals surface area contributed by atoms with Crippen LogP contribution in [-0.4, -0.2) is 19.0 Å². The molecule has 0 unspecified atom stereocenters. The van der Waals surface area contributed by atoms with Crippen molar-refractivity contribution in [2.45, 2.75) is 19.8 Å². The smallest absolute Gasteiger partial charge is 0.188 e. The van der Waals surface area contributed by atoms with Gasteiger partial charge in [0.2, 0.25) is 0 Å². The lowest BCUT2D eigenvalue weighted by Gasteiger charge is -2.04. The van der Waals surface area contributed by atoms with E-state index in [-0.39, 0.29) is 12.4 Å². The number of hydrogen-bond donors (Lipinski definition) is 0. The number of ketones is 1. The van der Waals surface area contributed by atoms with E-state index < -0.39 is 0 Å². The van der Waals surface area contributed by atoms with Crippen LogP contribution in [0.4, 0.5) is 0 Å². The van der Waals surface area contributed by atoms with Crippen LogP contribution >= 0.6 is 11.3 Å². The molecule has 19 heavy (non-hydrogen) atoms. The van der Waals surface area contributed by atoms with E-state index in [9.17, 15) is 4.79 Å². The Morgan fingerprint density at radius 2 is 2.00 bits per heavy atom. The van der Waals surface area contributed by atoms with Crippen LogP contribution < -0.4 is 0 Å². The van der Waals surface area contributed by atoms with Crippen LogP contribution in [0.3, 0.4) is 0 Å². The van der Waals surface area contributed by atoms with Gasteiger partial charge in [0, 0.05) is 16.9 Å². The highest BCUT2D eigenvalue weighted by Crippen LogP contribution is 2.09. The zero-order valence-corrected chi connectivity index (χ0v) is 11.9. The number of thiophene rings is 1. The molecule has 0 aliphatic carbocycles. The van der Waals surface area contributed by atoms with Gasteiger partial charge in [-0.25, -0.2) is 0 Å². The molecule has 100 valence electrons. The van der Waals surface area contributed by atoms with Gasteiger partial charge in [-0.15, -0.1) is 11.3 Å². The molecule has 2 rings (SSSR count). The van der Waals surface area contributed by atoms with Crippen molar-refractivity contribution < 1.29 is 9.53 Å². The van der Waals surface area contributed by atoms with Gasteiger partial charge in [0.05, 0.1) is 6.61 Å². The normalized spacial score (nSPS) is 10.6. The predicted molar refractivity (Wildman–Crippen MR) is 79.0 cm³/mol. The molecule has 0 radical (unpaired) electrons. The molecule has 0 N–H and O–H groups in total. The molecule has 1 aromatic heterocycles. The van der Waals surface area contributed by atoms with Crippen LogP contribution in [0.2, 0.25) is 0 Å². The van der Waals surface area contributed by atoms with Gasteiger partial charge in [0.1, 0.15) is 6.61 Å². The highest BCUT2D eigenvalue weighted by Gasteiger charge is 2.05. The van der Waals surface area contributed by atoms with E-state index in [1.54, 1.807) is 11.3 Å². The number of benzene rings is 1. The van der Waals surface area contributed by atoms with Gasteiger partial charge in [-0.3, -0.25) is 4.79 Å². The fourth-order valence-electron chi connectivity index (χ4n) is 1.80. The summed E-state index contributed by atoms with van der Waals surface area (Å²) in [6.07, 6.45) is 1.87. The van der Waals surface area contributed by atoms with E-state index in [1.165, 1.54) is 10.4 Å². The van der Waals surface area contributed by atoms with Crippen molar-refractivity contribution >= 4 is 17.1 Å². The van der Waals surface area contributed by atoms with Crippen LogP contribution in [0, 0.1) is 0 Å². The number of hydrogen-bond acceptors (Lipinski definition) is 3. The lowest BCUT2D eigenvalue weighted by molar-refractivity contribution is 0.0766. The zero-order valence-electron chi connectivity index (χ0n) is 11.1. The minimum Gasteiger partial charge on any atom is -0.373 e. The first-order valence-electron chi connectivity index (χ1n) is 6.52. The number of ether oxygens (including phenoxy) is 1. The van der Waals surface area contributed by atoms with Crippen LogP contribution in [-0.2, 0) is 17.6 Å². The molecular formula is C16H18O2S. The van der Waals surface area contributed by atoms with E-state index in [2.05, 4.69) is 18.4 Å². The number of aryl methyl sites for hydroxylation is 1. The Morgan fingerprint density at radius 1 is 1.21 bits per heavy atom. The van der Waals surface area contributed by atoms with Crippen molar-refractivity contribution in [1.82, 2.24) is 0 Å². The molecule has 1 heterocycles. The molecule has 0 aliphatic heterocycles. The first-order valence-corrected chi connectivity index (χ1v) is 7.40. The van der Waals surface area contributed by atoms with Crippen molar-refractivity contribution in [3.8, 4) is 0 Å². The van der Waals surface area contributed by atoms with Gasteiger partial charge in [-0.05, 0) is 23.4 Å². The Hall–Kier alpha value is -1.45. The number of rotatable bonds is 7. The van der Waals surface area contributed by atoms with Crippen molar-refractivity contribution in [3.05, 3.63) is 57.8 Å². The molecule has 0 amide bonds. The van der Waals surface area contributed by atoms with Crippen molar-refractivity contribution in [1.29, 1.82) is 0 Å².